The van der Waals surface area contributed by atoms with Gasteiger partial charge in [0.05, 0.1) is 11.6 Å². The van der Waals surface area contributed by atoms with E-state index < -0.39 is 11.9 Å². The first-order valence-corrected chi connectivity index (χ1v) is 8.99. The molecule has 1 amide bonds. The maximum absolute atomic E-state index is 12.6. The minimum Gasteiger partial charge on any atom is -0.481 e. The van der Waals surface area contributed by atoms with Gasteiger partial charge in [0.1, 0.15) is 0 Å². The molecular weight excluding hydrogens is 332 g/mol. The minimum atomic E-state index is -0.828. The van der Waals surface area contributed by atoms with E-state index in [2.05, 4.69) is 4.98 Å². The van der Waals surface area contributed by atoms with Crippen molar-refractivity contribution < 1.29 is 19.1 Å². The summed E-state index contributed by atoms with van der Waals surface area (Å²) in [5.41, 5.74) is 1.76. The van der Waals surface area contributed by atoms with Crippen LogP contribution in [0.5, 0.6) is 0 Å². The second kappa shape index (κ2) is 7.72. The Morgan fingerprint density at radius 2 is 2.00 bits per heavy atom. The summed E-state index contributed by atoms with van der Waals surface area (Å²) in [6.07, 6.45) is 2.02. The number of nitrogens with zero attached hydrogens (tertiary/aromatic N) is 2. The lowest BCUT2D eigenvalue weighted by Gasteiger charge is -2.36. The number of carbonyl (C=O) groups is 2. The summed E-state index contributed by atoms with van der Waals surface area (Å²) in [6, 6.07) is 9.82. The SMILES string of the molecule is Cc1nc(CCC(=O)N2CC(C(=O)O)CCC2C)oc1-c1ccccc1. The van der Waals surface area contributed by atoms with Gasteiger partial charge in [-0.3, -0.25) is 9.59 Å². The number of hydrogen-bond donors (Lipinski definition) is 1. The molecule has 1 N–H and O–H groups in total. The normalized spacial score (nSPS) is 20.2. The van der Waals surface area contributed by atoms with Gasteiger partial charge in [-0.2, -0.15) is 0 Å². The van der Waals surface area contributed by atoms with Crippen molar-refractivity contribution >= 4 is 11.9 Å². The predicted octanol–water partition coefficient (Wildman–Crippen LogP) is 3.29. The van der Waals surface area contributed by atoms with Crippen LogP contribution >= 0.6 is 0 Å². The largest absolute Gasteiger partial charge is 0.481 e. The second-order valence-corrected chi connectivity index (χ2v) is 6.90. The highest BCUT2D eigenvalue weighted by molar-refractivity contribution is 5.78. The Balaban J connectivity index is 1.64. The highest BCUT2D eigenvalue weighted by Gasteiger charge is 2.32. The molecule has 0 radical (unpaired) electrons. The third-order valence-corrected chi connectivity index (χ3v) is 4.98. The number of aryl methyl sites for hydroxylation is 2. The first kappa shape index (κ1) is 18.2. The molecule has 1 aliphatic rings. The van der Waals surface area contributed by atoms with Gasteiger partial charge >= 0.3 is 5.97 Å². The molecule has 0 aliphatic carbocycles. The van der Waals surface area contributed by atoms with Crippen LogP contribution in [0.1, 0.15) is 37.8 Å². The first-order valence-electron chi connectivity index (χ1n) is 8.99. The summed E-state index contributed by atoms with van der Waals surface area (Å²) in [5, 5.41) is 9.21. The molecule has 1 aliphatic heterocycles. The lowest BCUT2D eigenvalue weighted by Crippen LogP contribution is -2.47. The Bertz CT molecular complexity index is 784. The van der Waals surface area contributed by atoms with Crippen molar-refractivity contribution in [3.05, 3.63) is 41.9 Å². The second-order valence-electron chi connectivity index (χ2n) is 6.90. The summed E-state index contributed by atoms with van der Waals surface area (Å²) in [6.45, 7) is 4.15. The fraction of sp³-hybridized carbons (Fsp3) is 0.450. The maximum Gasteiger partial charge on any atom is 0.308 e. The summed E-state index contributed by atoms with van der Waals surface area (Å²) in [7, 11) is 0. The molecule has 2 heterocycles. The average molecular weight is 356 g/mol. The van der Waals surface area contributed by atoms with E-state index in [0.29, 0.717) is 18.7 Å². The number of aliphatic carboxylic acids is 1. The van der Waals surface area contributed by atoms with Gasteiger partial charge in [-0.25, -0.2) is 4.98 Å². The van der Waals surface area contributed by atoms with Crippen molar-refractivity contribution in [1.82, 2.24) is 9.88 Å². The number of carboxylic acids is 1. The number of carboxylic acid groups (broad SMARTS) is 1. The standard InChI is InChI=1S/C20H24N2O4/c1-13-8-9-16(20(24)25)12-22(13)18(23)11-10-17-21-14(2)19(26-17)15-6-4-3-5-7-15/h3-7,13,16H,8-12H2,1-2H3,(H,24,25). The molecular formula is C20H24N2O4. The van der Waals surface area contributed by atoms with E-state index in [4.69, 9.17) is 4.42 Å². The van der Waals surface area contributed by atoms with Crippen LogP contribution in [0, 0.1) is 12.8 Å². The number of benzene rings is 1. The van der Waals surface area contributed by atoms with E-state index in [-0.39, 0.29) is 24.9 Å². The lowest BCUT2D eigenvalue weighted by atomic mass is 9.93. The van der Waals surface area contributed by atoms with Crippen LogP contribution in [0.4, 0.5) is 0 Å². The third-order valence-electron chi connectivity index (χ3n) is 4.98. The molecule has 26 heavy (non-hydrogen) atoms. The molecule has 6 nitrogen and oxygen atoms in total. The summed E-state index contributed by atoms with van der Waals surface area (Å²) >= 11 is 0. The van der Waals surface area contributed by atoms with Crippen LogP contribution in [0.15, 0.2) is 34.7 Å². The van der Waals surface area contributed by atoms with E-state index in [0.717, 1.165) is 23.4 Å². The van der Waals surface area contributed by atoms with E-state index in [9.17, 15) is 14.7 Å². The highest BCUT2D eigenvalue weighted by Crippen LogP contribution is 2.26. The van der Waals surface area contributed by atoms with E-state index >= 15 is 0 Å². The van der Waals surface area contributed by atoms with Crippen molar-refractivity contribution in [2.24, 2.45) is 5.92 Å². The number of aromatic nitrogens is 1. The van der Waals surface area contributed by atoms with Gasteiger partial charge in [-0.1, -0.05) is 30.3 Å². The molecule has 2 atom stereocenters. The number of likely N-dealkylation sites (tertiary alicyclic amines) is 1. The quantitative estimate of drug-likeness (QED) is 0.889. The summed E-state index contributed by atoms with van der Waals surface area (Å²) in [4.78, 5) is 29.9. The molecule has 0 saturated carbocycles. The Morgan fingerprint density at radius 1 is 1.27 bits per heavy atom. The molecule has 6 heteroatoms. The highest BCUT2D eigenvalue weighted by atomic mass is 16.4. The van der Waals surface area contributed by atoms with Crippen LogP contribution in [0.25, 0.3) is 11.3 Å². The fourth-order valence-electron chi connectivity index (χ4n) is 3.43. The Kier molecular flexibility index (Phi) is 5.40. The molecule has 2 aromatic rings. The number of carbonyl (C=O) groups excluding carboxylic acids is 1. The zero-order chi connectivity index (χ0) is 18.7. The molecule has 0 bridgehead atoms. The zero-order valence-electron chi connectivity index (χ0n) is 15.1. The minimum absolute atomic E-state index is 0.0411. The van der Waals surface area contributed by atoms with E-state index in [1.54, 1.807) is 4.90 Å². The van der Waals surface area contributed by atoms with Gasteiger partial charge in [0.15, 0.2) is 11.7 Å². The third kappa shape index (κ3) is 3.95. The van der Waals surface area contributed by atoms with Crippen molar-refractivity contribution in [1.29, 1.82) is 0 Å². The summed E-state index contributed by atoms with van der Waals surface area (Å²) in [5.74, 6) is -0.0746. The smallest absolute Gasteiger partial charge is 0.308 e. The van der Waals surface area contributed by atoms with Crippen LogP contribution in [-0.2, 0) is 16.0 Å². The fourth-order valence-corrected chi connectivity index (χ4v) is 3.43. The van der Waals surface area contributed by atoms with E-state index in [1.807, 2.05) is 44.2 Å². The van der Waals surface area contributed by atoms with Gasteiger partial charge < -0.3 is 14.4 Å². The number of piperidine rings is 1. The topological polar surface area (TPSA) is 83.6 Å². The summed E-state index contributed by atoms with van der Waals surface area (Å²) < 4.78 is 5.85. The molecule has 0 spiro atoms. The van der Waals surface area contributed by atoms with Crippen LogP contribution in [0.3, 0.4) is 0 Å². The van der Waals surface area contributed by atoms with Crippen LogP contribution in [-0.4, -0.2) is 39.5 Å². The average Bonchev–Trinajstić information content (AvgIpc) is 3.01. The van der Waals surface area contributed by atoms with Crippen molar-refractivity contribution in [3.63, 3.8) is 0 Å². The van der Waals surface area contributed by atoms with Gasteiger partial charge in [0.25, 0.3) is 0 Å². The molecule has 2 unspecified atom stereocenters. The Labute approximate surface area is 152 Å². The molecule has 1 fully saturated rings. The molecule has 1 aromatic carbocycles. The van der Waals surface area contributed by atoms with Crippen molar-refractivity contribution in [3.8, 4) is 11.3 Å². The van der Waals surface area contributed by atoms with Crippen LogP contribution < -0.4 is 0 Å². The van der Waals surface area contributed by atoms with Crippen LogP contribution in [0.2, 0.25) is 0 Å². The lowest BCUT2D eigenvalue weighted by molar-refractivity contribution is -0.147. The Morgan fingerprint density at radius 3 is 2.69 bits per heavy atom. The molecule has 1 aromatic heterocycles. The predicted molar refractivity (Wildman–Crippen MR) is 96.5 cm³/mol. The van der Waals surface area contributed by atoms with Gasteiger partial charge in [0, 0.05) is 31.0 Å². The number of amides is 1. The van der Waals surface area contributed by atoms with Gasteiger partial charge in [0.2, 0.25) is 5.91 Å². The Hall–Kier alpha value is -2.63. The monoisotopic (exact) mass is 356 g/mol. The molecule has 1 saturated heterocycles. The van der Waals surface area contributed by atoms with Crippen molar-refractivity contribution in [2.45, 2.75) is 45.6 Å². The zero-order valence-corrected chi connectivity index (χ0v) is 15.1. The number of hydrogen-bond acceptors (Lipinski definition) is 4. The van der Waals surface area contributed by atoms with Gasteiger partial charge in [-0.05, 0) is 26.7 Å². The van der Waals surface area contributed by atoms with Crippen molar-refractivity contribution in [2.75, 3.05) is 6.54 Å². The number of oxazole rings is 1. The van der Waals surface area contributed by atoms with Gasteiger partial charge in [-0.15, -0.1) is 0 Å². The maximum atomic E-state index is 12.6. The number of rotatable bonds is 5. The van der Waals surface area contributed by atoms with E-state index in [1.165, 1.54) is 0 Å². The molecule has 3 rings (SSSR count). The molecule has 138 valence electrons. The first-order chi connectivity index (χ1) is 12.5.